The zero-order valence-electron chi connectivity index (χ0n) is 14.5. The molecule has 1 heterocycles. The number of carboxylic acid groups (broad SMARTS) is 1. The Balaban J connectivity index is 1.74. The molecule has 1 aliphatic rings. The summed E-state index contributed by atoms with van der Waals surface area (Å²) >= 11 is 6.30. The summed E-state index contributed by atoms with van der Waals surface area (Å²) in [5.41, 5.74) is 1.03. The molecule has 28 heavy (non-hydrogen) atoms. The third kappa shape index (κ3) is 4.05. The van der Waals surface area contributed by atoms with Crippen LogP contribution in [0.3, 0.4) is 0 Å². The number of thioether (sulfide) groups is 1. The van der Waals surface area contributed by atoms with Crippen molar-refractivity contribution in [1.29, 1.82) is 0 Å². The van der Waals surface area contributed by atoms with Crippen molar-refractivity contribution in [3.05, 3.63) is 64.1 Å². The fourth-order valence-corrected chi connectivity index (χ4v) is 3.60. The van der Waals surface area contributed by atoms with E-state index in [1.807, 2.05) is 0 Å². The van der Waals surface area contributed by atoms with Gasteiger partial charge >= 0.3 is 5.97 Å². The minimum Gasteiger partial charge on any atom is -0.507 e. The van der Waals surface area contributed by atoms with E-state index in [0.717, 1.165) is 5.56 Å². The Labute approximate surface area is 169 Å². The Hall–Kier alpha value is -3.17. The number of rotatable bonds is 4. The van der Waals surface area contributed by atoms with Gasteiger partial charge in [-0.15, -0.1) is 0 Å². The minimum atomic E-state index is -1.30. The number of hydrogen-bond acceptors (Lipinski definition) is 6. The van der Waals surface area contributed by atoms with Gasteiger partial charge in [-0.25, -0.2) is 4.79 Å². The lowest BCUT2D eigenvalue weighted by Crippen LogP contribution is -2.22. The van der Waals surface area contributed by atoms with E-state index in [2.05, 4.69) is 5.32 Å². The summed E-state index contributed by atoms with van der Waals surface area (Å²) in [5, 5.41) is 21.1. The van der Waals surface area contributed by atoms with E-state index in [9.17, 15) is 19.5 Å². The van der Waals surface area contributed by atoms with E-state index >= 15 is 0 Å². The molecule has 0 aromatic heterocycles. The minimum absolute atomic E-state index is 0.168. The quantitative estimate of drug-likeness (QED) is 0.401. The van der Waals surface area contributed by atoms with Crippen LogP contribution in [0.4, 0.5) is 5.69 Å². The first-order valence-corrected chi connectivity index (χ1v) is 9.18. The van der Waals surface area contributed by atoms with Gasteiger partial charge in [0.05, 0.1) is 4.91 Å². The van der Waals surface area contributed by atoms with Crippen molar-refractivity contribution in [3.8, 4) is 5.75 Å². The molecule has 9 heteroatoms. The lowest BCUT2D eigenvalue weighted by atomic mass is 10.1. The van der Waals surface area contributed by atoms with Crippen molar-refractivity contribution in [1.82, 2.24) is 4.90 Å². The number of phenols is 1. The molecule has 0 spiro atoms. The number of carbonyl (C=O) groups excluding carboxylic acids is 2. The van der Waals surface area contributed by atoms with Crippen LogP contribution in [0.1, 0.15) is 26.3 Å². The molecule has 1 aliphatic heterocycles. The van der Waals surface area contributed by atoms with Crippen molar-refractivity contribution >= 4 is 57.8 Å². The van der Waals surface area contributed by atoms with E-state index in [-0.39, 0.29) is 22.9 Å². The molecule has 0 aliphatic carbocycles. The number of amides is 2. The number of thiocarbonyl (C=S) groups is 1. The molecule has 0 bridgehead atoms. The molecular formula is C19H14N2O5S2. The molecule has 2 aromatic carbocycles. The highest BCUT2D eigenvalue weighted by Crippen LogP contribution is 2.31. The van der Waals surface area contributed by atoms with Crippen LogP contribution in [0.5, 0.6) is 5.75 Å². The van der Waals surface area contributed by atoms with Gasteiger partial charge in [0.1, 0.15) is 15.6 Å². The van der Waals surface area contributed by atoms with E-state index in [1.54, 1.807) is 37.4 Å². The molecular weight excluding hydrogens is 400 g/mol. The van der Waals surface area contributed by atoms with Crippen molar-refractivity contribution in [2.75, 3.05) is 12.4 Å². The number of nitrogens with zero attached hydrogens (tertiary/aromatic N) is 1. The number of aromatic carboxylic acids is 1. The molecule has 3 N–H and O–H groups in total. The second-order valence-electron chi connectivity index (χ2n) is 5.85. The lowest BCUT2D eigenvalue weighted by Gasteiger charge is -2.08. The van der Waals surface area contributed by atoms with Crippen LogP contribution in [0, 0.1) is 0 Å². The van der Waals surface area contributed by atoms with Crippen LogP contribution >= 0.6 is 24.0 Å². The third-order valence-electron chi connectivity index (χ3n) is 3.94. The highest BCUT2D eigenvalue weighted by Gasteiger charge is 2.28. The molecule has 1 saturated heterocycles. The number of nitrogens with one attached hydrogen (secondary N) is 1. The van der Waals surface area contributed by atoms with E-state index in [4.69, 9.17) is 17.3 Å². The average molecular weight is 414 g/mol. The van der Waals surface area contributed by atoms with Crippen LogP contribution in [0.25, 0.3) is 6.08 Å². The van der Waals surface area contributed by atoms with Crippen LogP contribution in [-0.4, -0.2) is 44.3 Å². The van der Waals surface area contributed by atoms with Gasteiger partial charge in [0.25, 0.3) is 11.8 Å². The molecule has 0 atom stereocenters. The summed E-state index contributed by atoms with van der Waals surface area (Å²) in [7, 11) is 1.62. The number of carbonyl (C=O) groups is 3. The Bertz CT molecular complexity index is 1030. The SMILES string of the molecule is CN1C(=O)/C(=C/c2ccc(C(=O)Nc3ccc(O)c(C(=O)O)c3)cc2)SC1=S. The van der Waals surface area contributed by atoms with Crippen LogP contribution < -0.4 is 5.32 Å². The van der Waals surface area contributed by atoms with Crippen molar-refractivity contribution in [2.45, 2.75) is 0 Å². The molecule has 0 unspecified atom stereocenters. The summed E-state index contributed by atoms with van der Waals surface area (Å²) in [6, 6.07) is 10.3. The highest BCUT2D eigenvalue weighted by atomic mass is 32.2. The zero-order valence-corrected chi connectivity index (χ0v) is 16.1. The Morgan fingerprint density at radius 3 is 2.43 bits per heavy atom. The molecule has 3 rings (SSSR count). The largest absolute Gasteiger partial charge is 0.507 e. The maximum absolute atomic E-state index is 12.4. The second-order valence-corrected chi connectivity index (χ2v) is 7.53. The third-order valence-corrected chi connectivity index (χ3v) is 5.43. The fraction of sp³-hybridized carbons (Fsp3) is 0.0526. The van der Waals surface area contributed by atoms with Gasteiger partial charge in [0, 0.05) is 18.3 Å². The van der Waals surface area contributed by atoms with Crippen molar-refractivity contribution in [2.24, 2.45) is 0 Å². The molecule has 2 amide bonds. The van der Waals surface area contributed by atoms with Crippen molar-refractivity contribution in [3.63, 3.8) is 0 Å². The summed E-state index contributed by atoms with van der Waals surface area (Å²) in [6.07, 6.45) is 1.70. The molecule has 142 valence electrons. The maximum atomic E-state index is 12.4. The van der Waals surface area contributed by atoms with E-state index < -0.39 is 11.9 Å². The number of hydrogen-bond donors (Lipinski definition) is 3. The van der Waals surface area contributed by atoms with Gasteiger partial charge in [0.2, 0.25) is 0 Å². The lowest BCUT2D eigenvalue weighted by molar-refractivity contribution is -0.121. The summed E-state index contributed by atoms with van der Waals surface area (Å²) in [4.78, 5) is 37.3. The predicted octanol–water partition coefficient (Wildman–Crippen LogP) is 3.17. The Kier molecular flexibility index (Phi) is 5.48. The van der Waals surface area contributed by atoms with E-state index in [0.29, 0.717) is 14.8 Å². The van der Waals surface area contributed by atoms with Crippen LogP contribution in [0.15, 0.2) is 47.4 Å². The van der Waals surface area contributed by atoms with Crippen molar-refractivity contribution < 1.29 is 24.6 Å². The monoisotopic (exact) mass is 414 g/mol. The fourth-order valence-electron chi connectivity index (χ4n) is 2.42. The highest BCUT2D eigenvalue weighted by molar-refractivity contribution is 8.26. The number of likely N-dealkylation sites (N-methyl/N-ethyl adjacent to an activating group) is 1. The smallest absolute Gasteiger partial charge is 0.339 e. The van der Waals surface area contributed by atoms with Gasteiger partial charge in [-0.05, 0) is 42.0 Å². The first kappa shape index (κ1) is 19.6. The standard InChI is InChI=1S/C19H14N2O5S2/c1-21-17(24)15(28-19(21)27)8-10-2-4-11(5-3-10)16(23)20-12-6-7-14(22)13(9-12)18(25)26/h2-9,22H,1H3,(H,20,23)(H,25,26)/b15-8-. The van der Waals surface area contributed by atoms with Gasteiger partial charge in [0.15, 0.2) is 0 Å². The molecule has 7 nitrogen and oxygen atoms in total. The molecule has 0 saturated carbocycles. The number of aromatic hydroxyl groups is 1. The van der Waals surface area contributed by atoms with Crippen LogP contribution in [-0.2, 0) is 4.79 Å². The maximum Gasteiger partial charge on any atom is 0.339 e. The van der Waals surface area contributed by atoms with E-state index in [1.165, 1.54) is 34.9 Å². The predicted molar refractivity (Wildman–Crippen MR) is 110 cm³/mol. The zero-order chi connectivity index (χ0) is 20.4. The Morgan fingerprint density at radius 2 is 1.86 bits per heavy atom. The van der Waals surface area contributed by atoms with Gasteiger partial charge in [-0.2, -0.15) is 0 Å². The molecule has 0 radical (unpaired) electrons. The molecule has 1 fully saturated rings. The molecule has 2 aromatic rings. The Morgan fingerprint density at radius 1 is 1.18 bits per heavy atom. The van der Waals surface area contributed by atoms with Crippen LogP contribution in [0.2, 0.25) is 0 Å². The topological polar surface area (TPSA) is 107 Å². The normalized spacial score (nSPS) is 15.2. The average Bonchev–Trinajstić information content (AvgIpc) is 2.90. The van der Waals surface area contributed by atoms with Gasteiger partial charge in [-0.3, -0.25) is 14.5 Å². The second kappa shape index (κ2) is 7.83. The number of carboxylic acids is 1. The number of anilines is 1. The number of benzene rings is 2. The first-order valence-electron chi connectivity index (χ1n) is 7.95. The van der Waals surface area contributed by atoms with Gasteiger partial charge in [-0.1, -0.05) is 36.1 Å². The first-order chi connectivity index (χ1) is 13.3. The summed E-state index contributed by atoms with van der Waals surface area (Å²) < 4.78 is 0.488. The summed E-state index contributed by atoms with van der Waals surface area (Å²) in [5.74, 6) is -2.28. The van der Waals surface area contributed by atoms with Gasteiger partial charge < -0.3 is 15.5 Å². The summed E-state index contributed by atoms with van der Waals surface area (Å²) in [6.45, 7) is 0.